The van der Waals surface area contributed by atoms with Crippen molar-refractivity contribution in [3.05, 3.63) is 24.0 Å². The van der Waals surface area contributed by atoms with Gasteiger partial charge in [0.05, 0.1) is 5.60 Å². The summed E-state index contributed by atoms with van der Waals surface area (Å²) in [7, 11) is 4.99. The average molecular weight is 269 g/mol. The van der Waals surface area contributed by atoms with Crippen molar-refractivity contribution < 1.29 is 22.5 Å². The number of hydrogen-bond acceptors (Lipinski definition) is 3. The summed E-state index contributed by atoms with van der Waals surface area (Å²) in [5, 5.41) is 0. The van der Waals surface area contributed by atoms with E-state index in [4.69, 9.17) is 17.2 Å². The summed E-state index contributed by atoms with van der Waals surface area (Å²) in [5.41, 5.74) is -2.64. The Morgan fingerprint density at radius 3 is 2.37 bits per heavy atom. The molecule has 1 atom stereocenters. The molecule has 100 valence electrons. The highest BCUT2D eigenvalue weighted by Gasteiger charge is 2.51. The van der Waals surface area contributed by atoms with Gasteiger partial charge in [-0.2, -0.15) is 13.2 Å². The molecule has 0 spiro atoms. The van der Waals surface area contributed by atoms with E-state index in [1.165, 1.54) is 6.07 Å². The molecule has 3 nitrogen and oxygen atoms in total. The van der Waals surface area contributed by atoms with Crippen LogP contribution in [0.4, 0.5) is 13.2 Å². The SMILES string of the molecule is [B]C1(C)OB(c2ccnc(C(F)(F)F)c2)OC1(C)C. The molecule has 1 fully saturated rings. The summed E-state index contributed by atoms with van der Waals surface area (Å²) < 4.78 is 48.8. The minimum absolute atomic E-state index is 0.240. The molecule has 0 amide bonds. The van der Waals surface area contributed by atoms with Crippen molar-refractivity contribution in [1.29, 1.82) is 0 Å². The van der Waals surface area contributed by atoms with Crippen LogP contribution in [-0.2, 0) is 15.5 Å². The Hall–Kier alpha value is -1.01. The molecule has 1 aliphatic rings. The van der Waals surface area contributed by atoms with Gasteiger partial charge in [-0.25, -0.2) is 0 Å². The van der Waals surface area contributed by atoms with Gasteiger partial charge in [-0.05, 0) is 38.4 Å². The smallest absolute Gasteiger partial charge is 0.408 e. The first-order chi connectivity index (χ1) is 8.53. The normalized spacial score (nSPS) is 26.7. The van der Waals surface area contributed by atoms with E-state index in [0.717, 1.165) is 12.3 Å². The van der Waals surface area contributed by atoms with E-state index in [2.05, 4.69) is 4.98 Å². The summed E-state index contributed by atoms with van der Waals surface area (Å²) in [5.74, 6) is 0. The summed E-state index contributed by atoms with van der Waals surface area (Å²) in [6.07, 6.45) is -3.43. The maximum Gasteiger partial charge on any atom is 0.494 e. The molecule has 1 aliphatic heterocycles. The van der Waals surface area contributed by atoms with Gasteiger partial charge in [0.1, 0.15) is 13.5 Å². The number of alkyl halides is 3. The van der Waals surface area contributed by atoms with Gasteiger partial charge in [-0.15, -0.1) is 0 Å². The number of pyridine rings is 1. The molecule has 1 aromatic rings. The maximum atomic E-state index is 12.6. The third kappa shape index (κ3) is 2.65. The van der Waals surface area contributed by atoms with Crippen LogP contribution in [0.3, 0.4) is 0 Å². The van der Waals surface area contributed by atoms with E-state index in [-0.39, 0.29) is 5.46 Å². The monoisotopic (exact) mass is 269 g/mol. The fourth-order valence-corrected chi connectivity index (χ4v) is 1.66. The van der Waals surface area contributed by atoms with Gasteiger partial charge in [0.2, 0.25) is 0 Å². The minimum Gasteiger partial charge on any atom is -0.408 e. The number of halogens is 3. The predicted molar refractivity (Wildman–Crippen MR) is 65.0 cm³/mol. The standard InChI is InChI=1S/C11H12B2F3NO2/c1-9(2)10(3,12)19-13(18-9)7-4-5-17-8(6-7)11(14,15)16/h4-6H,1-3H3. The van der Waals surface area contributed by atoms with Gasteiger partial charge < -0.3 is 9.31 Å². The van der Waals surface area contributed by atoms with Crippen molar-refractivity contribution in [1.82, 2.24) is 4.98 Å². The lowest BCUT2D eigenvalue weighted by Gasteiger charge is -2.33. The highest BCUT2D eigenvalue weighted by Crippen LogP contribution is 2.34. The van der Waals surface area contributed by atoms with E-state index < -0.39 is 30.1 Å². The van der Waals surface area contributed by atoms with Crippen molar-refractivity contribution >= 4 is 20.4 Å². The van der Waals surface area contributed by atoms with Crippen molar-refractivity contribution in [2.24, 2.45) is 0 Å². The highest BCUT2D eigenvalue weighted by molar-refractivity contribution is 6.62. The molecule has 1 saturated heterocycles. The highest BCUT2D eigenvalue weighted by atomic mass is 19.4. The van der Waals surface area contributed by atoms with Crippen LogP contribution in [0.1, 0.15) is 26.5 Å². The van der Waals surface area contributed by atoms with E-state index in [1.807, 2.05) is 0 Å². The molecule has 2 rings (SSSR count). The van der Waals surface area contributed by atoms with Gasteiger partial charge in [-0.1, -0.05) is 0 Å². The Morgan fingerprint density at radius 1 is 1.26 bits per heavy atom. The van der Waals surface area contributed by atoms with Crippen molar-refractivity contribution in [3.63, 3.8) is 0 Å². The van der Waals surface area contributed by atoms with E-state index in [9.17, 15) is 13.2 Å². The molecular formula is C11H12B2F3NO2. The first-order valence-electron chi connectivity index (χ1n) is 5.71. The molecule has 0 saturated carbocycles. The summed E-state index contributed by atoms with van der Waals surface area (Å²) in [6, 6.07) is 2.32. The van der Waals surface area contributed by atoms with E-state index in [0.29, 0.717) is 0 Å². The van der Waals surface area contributed by atoms with Crippen LogP contribution in [0.15, 0.2) is 18.3 Å². The van der Waals surface area contributed by atoms with Gasteiger partial charge in [0, 0.05) is 11.7 Å². The lowest BCUT2D eigenvalue weighted by atomic mass is 9.71. The fourth-order valence-electron chi connectivity index (χ4n) is 1.66. The first-order valence-corrected chi connectivity index (χ1v) is 5.71. The van der Waals surface area contributed by atoms with E-state index in [1.54, 1.807) is 20.8 Å². The Kier molecular flexibility index (Phi) is 3.22. The summed E-state index contributed by atoms with van der Waals surface area (Å²) in [6.45, 7) is 5.07. The number of aromatic nitrogens is 1. The van der Waals surface area contributed by atoms with Crippen LogP contribution in [-0.4, -0.2) is 31.1 Å². The molecule has 2 heterocycles. The van der Waals surface area contributed by atoms with Crippen LogP contribution < -0.4 is 5.46 Å². The Morgan fingerprint density at radius 2 is 1.89 bits per heavy atom. The molecular weight excluding hydrogens is 257 g/mol. The molecule has 8 heteroatoms. The van der Waals surface area contributed by atoms with Crippen LogP contribution in [0.2, 0.25) is 0 Å². The van der Waals surface area contributed by atoms with Crippen molar-refractivity contribution in [2.45, 2.75) is 38.0 Å². The second-order valence-corrected chi connectivity index (χ2v) is 5.16. The van der Waals surface area contributed by atoms with Crippen LogP contribution in [0.25, 0.3) is 0 Å². The first kappa shape index (κ1) is 14.4. The van der Waals surface area contributed by atoms with Gasteiger partial charge in [0.25, 0.3) is 0 Å². The minimum atomic E-state index is -4.50. The van der Waals surface area contributed by atoms with Crippen LogP contribution in [0, 0.1) is 0 Å². The summed E-state index contributed by atoms with van der Waals surface area (Å²) >= 11 is 0. The summed E-state index contributed by atoms with van der Waals surface area (Å²) in [4.78, 5) is 3.29. The predicted octanol–water partition coefficient (Wildman–Crippen LogP) is 1.51. The molecule has 1 unspecified atom stereocenters. The molecule has 0 aromatic carbocycles. The molecule has 0 N–H and O–H groups in total. The van der Waals surface area contributed by atoms with E-state index >= 15 is 0 Å². The third-order valence-corrected chi connectivity index (χ3v) is 3.30. The zero-order valence-corrected chi connectivity index (χ0v) is 10.8. The topological polar surface area (TPSA) is 31.4 Å². The number of nitrogens with zero attached hydrogens (tertiary/aromatic N) is 1. The molecule has 19 heavy (non-hydrogen) atoms. The number of rotatable bonds is 1. The zero-order chi connectivity index (χ0) is 14.5. The lowest BCUT2D eigenvalue weighted by Crippen LogP contribution is -2.45. The Labute approximate surface area is 111 Å². The molecule has 1 aromatic heterocycles. The number of hydrogen-bond donors (Lipinski definition) is 0. The third-order valence-electron chi connectivity index (χ3n) is 3.30. The Balaban J connectivity index is 2.30. The molecule has 0 aliphatic carbocycles. The fraction of sp³-hybridized carbons (Fsp3) is 0.545. The maximum absolute atomic E-state index is 12.6. The second kappa shape index (κ2) is 4.24. The van der Waals surface area contributed by atoms with Crippen LogP contribution in [0.5, 0.6) is 0 Å². The average Bonchev–Trinajstić information content (AvgIpc) is 2.47. The van der Waals surface area contributed by atoms with Gasteiger partial charge >= 0.3 is 13.3 Å². The molecule has 0 bridgehead atoms. The van der Waals surface area contributed by atoms with Gasteiger partial charge in [0.15, 0.2) is 0 Å². The van der Waals surface area contributed by atoms with Crippen molar-refractivity contribution in [3.8, 4) is 0 Å². The molecule has 2 radical (unpaired) electrons. The lowest BCUT2D eigenvalue weighted by molar-refractivity contribution is -0.141. The van der Waals surface area contributed by atoms with Gasteiger partial charge in [-0.3, -0.25) is 4.98 Å². The second-order valence-electron chi connectivity index (χ2n) is 5.16. The van der Waals surface area contributed by atoms with Crippen LogP contribution >= 0.6 is 0 Å². The Bertz CT molecular complexity index is 475. The van der Waals surface area contributed by atoms with Crippen molar-refractivity contribution in [2.75, 3.05) is 0 Å². The largest absolute Gasteiger partial charge is 0.494 e. The zero-order valence-electron chi connectivity index (χ0n) is 10.8. The quantitative estimate of drug-likeness (QED) is 0.724.